The van der Waals surface area contributed by atoms with Crippen molar-refractivity contribution in [3.05, 3.63) is 35.9 Å². The Balaban J connectivity index is 2.28. The standard InChI is InChI=1S/C13H16FN3O/c1-4-17-8-9(2)15-13(17)16-10-5-6-11(14)12(7-10)18-3/h5-8H,4H2,1-3H3,(H,15,16). The molecule has 0 aliphatic heterocycles. The van der Waals surface area contributed by atoms with E-state index in [0.29, 0.717) is 0 Å². The Morgan fingerprint density at radius 1 is 1.44 bits per heavy atom. The summed E-state index contributed by atoms with van der Waals surface area (Å²) in [6.45, 7) is 4.79. The second kappa shape index (κ2) is 5.08. The molecule has 0 aliphatic carbocycles. The van der Waals surface area contributed by atoms with Crippen molar-refractivity contribution in [1.82, 2.24) is 9.55 Å². The van der Waals surface area contributed by atoms with Crippen LogP contribution in [-0.2, 0) is 6.54 Å². The molecule has 96 valence electrons. The molecule has 2 rings (SSSR count). The Hall–Kier alpha value is -2.04. The molecule has 0 atom stereocenters. The first-order valence-corrected chi connectivity index (χ1v) is 5.78. The monoisotopic (exact) mass is 249 g/mol. The van der Waals surface area contributed by atoms with Crippen LogP contribution < -0.4 is 10.1 Å². The molecule has 1 heterocycles. The van der Waals surface area contributed by atoms with Crippen LogP contribution in [0.4, 0.5) is 16.0 Å². The van der Waals surface area contributed by atoms with Crippen LogP contribution in [0.25, 0.3) is 0 Å². The van der Waals surface area contributed by atoms with Crippen molar-refractivity contribution in [2.45, 2.75) is 20.4 Å². The minimum atomic E-state index is -0.377. The molecule has 0 spiro atoms. The maximum Gasteiger partial charge on any atom is 0.207 e. The van der Waals surface area contributed by atoms with Crippen LogP contribution in [0.1, 0.15) is 12.6 Å². The van der Waals surface area contributed by atoms with Gasteiger partial charge in [-0.2, -0.15) is 0 Å². The van der Waals surface area contributed by atoms with Crippen LogP contribution in [0.3, 0.4) is 0 Å². The van der Waals surface area contributed by atoms with E-state index in [1.807, 2.05) is 24.6 Å². The van der Waals surface area contributed by atoms with Gasteiger partial charge in [-0.15, -0.1) is 0 Å². The van der Waals surface area contributed by atoms with Crippen molar-refractivity contribution in [1.29, 1.82) is 0 Å². The first kappa shape index (κ1) is 12.4. The summed E-state index contributed by atoms with van der Waals surface area (Å²) < 4.78 is 20.2. The predicted octanol–water partition coefficient (Wildman–Crippen LogP) is 3.10. The zero-order valence-electron chi connectivity index (χ0n) is 10.7. The van der Waals surface area contributed by atoms with Gasteiger partial charge in [0.25, 0.3) is 0 Å². The van der Waals surface area contributed by atoms with Crippen LogP contribution in [0.2, 0.25) is 0 Å². The van der Waals surface area contributed by atoms with Gasteiger partial charge in [0.1, 0.15) is 0 Å². The van der Waals surface area contributed by atoms with Gasteiger partial charge in [-0.1, -0.05) is 0 Å². The fourth-order valence-electron chi connectivity index (χ4n) is 1.75. The summed E-state index contributed by atoms with van der Waals surface area (Å²) in [6.07, 6.45) is 1.96. The average molecular weight is 249 g/mol. The van der Waals surface area contributed by atoms with Crippen LogP contribution in [-0.4, -0.2) is 16.7 Å². The van der Waals surface area contributed by atoms with Crippen molar-refractivity contribution in [3.8, 4) is 5.75 Å². The fourth-order valence-corrected chi connectivity index (χ4v) is 1.75. The number of nitrogens with zero attached hydrogens (tertiary/aromatic N) is 2. The average Bonchev–Trinajstić information content (AvgIpc) is 2.72. The second-order valence-corrected chi connectivity index (χ2v) is 3.97. The van der Waals surface area contributed by atoms with Gasteiger partial charge in [-0.3, -0.25) is 0 Å². The molecule has 1 N–H and O–H groups in total. The fraction of sp³-hybridized carbons (Fsp3) is 0.308. The van der Waals surface area contributed by atoms with E-state index in [9.17, 15) is 4.39 Å². The van der Waals surface area contributed by atoms with E-state index in [1.54, 1.807) is 12.1 Å². The molecule has 2 aromatic rings. The van der Waals surface area contributed by atoms with Crippen LogP contribution in [0.5, 0.6) is 5.75 Å². The van der Waals surface area contributed by atoms with Crippen molar-refractivity contribution in [2.24, 2.45) is 0 Å². The normalized spacial score (nSPS) is 10.4. The van der Waals surface area contributed by atoms with Crippen molar-refractivity contribution in [2.75, 3.05) is 12.4 Å². The van der Waals surface area contributed by atoms with Gasteiger partial charge >= 0.3 is 0 Å². The molecule has 0 saturated heterocycles. The summed E-state index contributed by atoms with van der Waals surface area (Å²) in [5.41, 5.74) is 1.68. The van der Waals surface area contributed by atoms with Gasteiger partial charge in [0.05, 0.1) is 12.8 Å². The van der Waals surface area contributed by atoms with Gasteiger partial charge in [0.2, 0.25) is 5.95 Å². The Morgan fingerprint density at radius 2 is 2.22 bits per heavy atom. The molecular weight excluding hydrogens is 233 g/mol. The summed E-state index contributed by atoms with van der Waals surface area (Å²) >= 11 is 0. The number of ether oxygens (including phenoxy) is 1. The molecule has 0 amide bonds. The van der Waals surface area contributed by atoms with E-state index in [2.05, 4.69) is 10.3 Å². The number of rotatable bonds is 4. The van der Waals surface area contributed by atoms with Gasteiger partial charge < -0.3 is 14.6 Å². The summed E-state index contributed by atoms with van der Waals surface area (Å²) in [4.78, 5) is 4.37. The lowest BCUT2D eigenvalue weighted by atomic mass is 10.3. The minimum Gasteiger partial charge on any atom is -0.494 e. The summed E-state index contributed by atoms with van der Waals surface area (Å²) in [5, 5.41) is 3.15. The van der Waals surface area contributed by atoms with Crippen LogP contribution >= 0.6 is 0 Å². The molecule has 1 aromatic carbocycles. The van der Waals surface area contributed by atoms with E-state index in [0.717, 1.165) is 23.9 Å². The lowest BCUT2D eigenvalue weighted by Gasteiger charge is -2.09. The molecule has 0 bridgehead atoms. The highest BCUT2D eigenvalue weighted by Crippen LogP contribution is 2.24. The molecule has 5 heteroatoms. The number of nitrogens with one attached hydrogen (secondary N) is 1. The first-order valence-electron chi connectivity index (χ1n) is 5.78. The van der Waals surface area contributed by atoms with E-state index < -0.39 is 0 Å². The highest BCUT2D eigenvalue weighted by Gasteiger charge is 2.07. The second-order valence-electron chi connectivity index (χ2n) is 3.97. The molecule has 0 fully saturated rings. The third-order valence-corrected chi connectivity index (χ3v) is 2.64. The topological polar surface area (TPSA) is 39.1 Å². The van der Waals surface area contributed by atoms with Gasteiger partial charge in [-0.25, -0.2) is 9.37 Å². The third-order valence-electron chi connectivity index (χ3n) is 2.64. The molecule has 0 aliphatic rings. The number of aromatic nitrogens is 2. The van der Waals surface area contributed by atoms with Gasteiger partial charge in [0.15, 0.2) is 11.6 Å². The largest absolute Gasteiger partial charge is 0.494 e. The van der Waals surface area contributed by atoms with Crippen LogP contribution in [0, 0.1) is 12.7 Å². The molecule has 0 unspecified atom stereocenters. The highest BCUT2D eigenvalue weighted by atomic mass is 19.1. The predicted molar refractivity (Wildman–Crippen MR) is 68.9 cm³/mol. The minimum absolute atomic E-state index is 0.214. The zero-order chi connectivity index (χ0) is 13.1. The lowest BCUT2D eigenvalue weighted by molar-refractivity contribution is 0.387. The summed E-state index contributed by atoms with van der Waals surface area (Å²) in [7, 11) is 1.44. The number of benzene rings is 1. The quantitative estimate of drug-likeness (QED) is 0.905. The Bertz CT molecular complexity index is 551. The molecular formula is C13H16FN3O. The SMILES string of the molecule is CCn1cc(C)nc1Nc1ccc(F)c(OC)c1. The maximum atomic E-state index is 13.3. The first-order chi connectivity index (χ1) is 8.63. The van der Waals surface area contributed by atoms with E-state index in [-0.39, 0.29) is 11.6 Å². The maximum absolute atomic E-state index is 13.3. The number of hydrogen-bond acceptors (Lipinski definition) is 3. The lowest BCUT2D eigenvalue weighted by Crippen LogP contribution is -2.01. The van der Waals surface area contributed by atoms with E-state index in [4.69, 9.17) is 4.74 Å². The highest BCUT2D eigenvalue weighted by molar-refractivity contribution is 5.56. The third kappa shape index (κ3) is 2.45. The molecule has 0 saturated carbocycles. The Labute approximate surface area is 105 Å². The smallest absolute Gasteiger partial charge is 0.207 e. The summed E-state index contributed by atoms with van der Waals surface area (Å²) in [6, 6.07) is 4.63. The summed E-state index contributed by atoms with van der Waals surface area (Å²) in [5.74, 6) is 0.577. The number of aryl methyl sites for hydroxylation is 2. The molecule has 18 heavy (non-hydrogen) atoms. The van der Waals surface area contributed by atoms with E-state index >= 15 is 0 Å². The molecule has 0 radical (unpaired) electrons. The molecule has 1 aromatic heterocycles. The Morgan fingerprint density at radius 3 is 2.89 bits per heavy atom. The molecule has 4 nitrogen and oxygen atoms in total. The number of halogens is 1. The van der Waals surface area contributed by atoms with Crippen LogP contribution in [0.15, 0.2) is 24.4 Å². The number of imidazole rings is 1. The number of hydrogen-bond donors (Lipinski definition) is 1. The van der Waals surface area contributed by atoms with E-state index in [1.165, 1.54) is 13.2 Å². The van der Waals surface area contributed by atoms with Crippen molar-refractivity contribution < 1.29 is 9.13 Å². The van der Waals surface area contributed by atoms with Gasteiger partial charge in [-0.05, 0) is 26.0 Å². The van der Waals surface area contributed by atoms with Gasteiger partial charge in [0, 0.05) is 24.5 Å². The van der Waals surface area contributed by atoms with Crippen molar-refractivity contribution >= 4 is 11.6 Å². The Kier molecular flexibility index (Phi) is 3.50. The number of methoxy groups -OCH3 is 1. The number of anilines is 2. The van der Waals surface area contributed by atoms with Crippen molar-refractivity contribution in [3.63, 3.8) is 0 Å². The zero-order valence-corrected chi connectivity index (χ0v) is 10.7.